The Bertz CT molecular complexity index is 604. The molecule has 0 saturated carbocycles. The molecule has 0 saturated heterocycles. The van der Waals surface area contributed by atoms with E-state index in [0.29, 0.717) is 10.8 Å². The molecule has 0 heterocycles. The molecule has 2 atom stereocenters. The summed E-state index contributed by atoms with van der Waals surface area (Å²) in [7, 11) is 0. The van der Waals surface area contributed by atoms with Crippen molar-refractivity contribution in [2.75, 3.05) is 0 Å². The van der Waals surface area contributed by atoms with Crippen LogP contribution < -0.4 is 4.74 Å². The second-order valence-corrected chi connectivity index (χ2v) is 4.83. The molecule has 0 aromatic heterocycles. The topological polar surface area (TPSA) is 29.5 Å². The lowest BCUT2D eigenvalue weighted by Crippen LogP contribution is -2.22. The van der Waals surface area contributed by atoms with Crippen LogP contribution >= 0.6 is 11.6 Å². The van der Waals surface area contributed by atoms with Gasteiger partial charge in [-0.2, -0.15) is 0 Å². The van der Waals surface area contributed by atoms with Gasteiger partial charge in [-0.15, -0.1) is 0 Å². The van der Waals surface area contributed by atoms with Gasteiger partial charge in [0.1, 0.15) is 29.6 Å². The van der Waals surface area contributed by atoms with E-state index in [4.69, 9.17) is 16.3 Å². The van der Waals surface area contributed by atoms with Gasteiger partial charge >= 0.3 is 0 Å². The zero-order chi connectivity index (χ0) is 14.7. The number of halogens is 3. The number of aliphatic hydroxyl groups excluding tert-OH is 1. The summed E-state index contributed by atoms with van der Waals surface area (Å²) in [5.74, 6) is -1.03. The SMILES string of the molecule is CC(Oc1cccc(Cl)c1)C(O)c1ccc(F)cc1F. The normalized spacial score (nSPS) is 13.8. The monoisotopic (exact) mass is 298 g/mol. The maximum atomic E-state index is 13.6. The number of hydrogen-bond acceptors (Lipinski definition) is 2. The molecule has 20 heavy (non-hydrogen) atoms. The molecule has 0 aliphatic heterocycles. The molecule has 1 N–H and O–H groups in total. The maximum Gasteiger partial charge on any atom is 0.132 e. The van der Waals surface area contributed by atoms with Gasteiger partial charge in [0.15, 0.2) is 0 Å². The van der Waals surface area contributed by atoms with Crippen molar-refractivity contribution in [3.63, 3.8) is 0 Å². The van der Waals surface area contributed by atoms with E-state index in [0.717, 1.165) is 12.1 Å². The maximum absolute atomic E-state index is 13.6. The van der Waals surface area contributed by atoms with Crippen LogP contribution in [-0.4, -0.2) is 11.2 Å². The second-order valence-electron chi connectivity index (χ2n) is 4.39. The van der Waals surface area contributed by atoms with Crippen molar-refractivity contribution in [3.05, 3.63) is 64.7 Å². The molecule has 0 fully saturated rings. The van der Waals surface area contributed by atoms with E-state index >= 15 is 0 Å². The molecule has 106 valence electrons. The fourth-order valence-corrected chi connectivity index (χ4v) is 1.99. The standard InChI is InChI=1S/C15H13ClF2O2/c1-9(20-12-4-2-3-10(16)7-12)15(19)13-6-5-11(17)8-14(13)18/h2-9,15,19H,1H3. The average molecular weight is 299 g/mol. The van der Waals surface area contributed by atoms with Crippen LogP contribution in [0.15, 0.2) is 42.5 Å². The number of benzene rings is 2. The number of hydrogen-bond donors (Lipinski definition) is 1. The van der Waals surface area contributed by atoms with Crippen LogP contribution in [0.2, 0.25) is 5.02 Å². The minimum absolute atomic E-state index is 0.0130. The van der Waals surface area contributed by atoms with Crippen molar-refractivity contribution in [3.8, 4) is 5.75 Å². The predicted octanol–water partition coefficient (Wildman–Crippen LogP) is 4.12. The molecule has 0 bridgehead atoms. The first kappa shape index (κ1) is 14.8. The van der Waals surface area contributed by atoms with Gasteiger partial charge in [-0.1, -0.05) is 23.7 Å². The molecular weight excluding hydrogens is 286 g/mol. The van der Waals surface area contributed by atoms with Crippen LogP contribution in [0.25, 0.3) is 0 Å². The summed E-state index contributed by atoms with van der Waals surface area (Å²) in [5.41, 5.74) is -0.0130. The Balaban J connectivity index is 2.14. The lowest BCUT2D eigenvalue weighted by atomic mass is 10.0. The van der Waals surface area contributed by atoms with E-state index in [1.807, 2.05) is 0 Å². The lowest BCUT2D eigenvalue weighted by Gasteiger charge is -2.21. The van der Waals surface area contributed by atoms with Gasteiger partial charge in [0.05, 0.1) is 0 Å². The molecule has 2 aromatic rings. The Hall–Kier alpha value is -1.65. The first-order valence-corrected chi connectivity index (χ1v) is 6.40. The summed E-state index contributed by atoms with van der Waals surface area (Å²) in [6.45, 7) is 1.59. The predicted molar refractivity (Wildman–Crippen MR) is 72.9 cm³/mol. The highest BCUT2D eigenvalue weighted by atomic mass is 35.5. The van der Waals surface area contributed by atoms with Crippen LogP contribution in [0.4, 0.5) is 8.78 Å². The quantitative estimate of drug-likeness (QED) is 0.920. The molecule has 2 nitrogen and oxygen atoms in total. The summed E-state index contributed by atoms with van der Waals surface area (Å²) in [4.78, 5) is 0. The van der Waals surface area contributed by atoms with Crippen molar-refractivity contribution in [1.82, 2.24) is 0 Å². The third-order valence-corrected chi connectivity index (χ3v) is 3.08. The Labute approximate surface area is 120 Å². The van der Waals surface area contributed by atoms with Crippen LogP contribution in [0.3, 0.4) is 0 Å². The zero-order valence-corrected chi connectivity index (χ0v) is 11.4. The van der Waals surface area contributed by atoms with Crippen molar-refractivity contribution >= 4 is 11.6 Å². The Morgan fingerprint density at radius 1 is 1.15 bits per heavy atom. The van der Waals surface area contributed by atoms with Gasteiger partial charge in [-0.3, -0.25) is 0 Å². The number of aliphatic hydroxyl groups is 1. The molecule has 2 aromatic carbocycles. The third-order valence-electron chi connectivity index (χ3n) is 2.84. The van der Waals surface area contributed by atoms with Crippen LogP contribution in [0.5, 0.6) is 5.75 Å². The smallest absolute Gasteiger partial charge is 0.132 e. The summed E-state index contributed by atoms with van der Waals surface area (Å²) >= 11 is 5.82. The highest BCUT2D eigenvalue weighted by molar-refractivity contribution is 6.30. The summed E-state index contributed by atoms with van der Waals surface area (Å²) in [6.07, 6.45) is -1.93. The van der Waals surface area contributed by atoms with E-state index in [9.17, 15) is 13.9 Å². The highest BCUT2D eigenvalue weighted by Crippen LogP contribution is 2.25. The molecule has 0 aliphatic rings. The number of rotatable bonds is 4. The molecule has 2 unspecified atom stereocenters. The minimum Gasteiger partial charge on any atom is -0.488 e. The van der Waals surface area contributed by atoms with E-state index in [2.05, 4.69) is 0 Å². The van der Waals surface area contributed by atoms with Crippen LogP contribution in [0.1, 0.15) is 18.6 Å². The minimum atomic E-state index is -1.21. The van der Waals surface area contributed by atoms with E-state index < -0.39 is 23.8 Å². The Morgan fingerprint density at radius 3 is 2.55 bits per heavy atom. The molecule has 2 rings (SSSR count). The number of ether oxygens (including phenoxy) is 1. The summed E-state index contributed by atoms with van der Waals surface area (Å²) < 4.78 is 31.9. The van der Waals surface area contributed by atoms with Crippen LogP contribution in [0, 0.1) is 11.6 Å². The molecule has 0 radical (unpaired) electrons. The highest BCUT2D eigenvalue weighted by Gasteiger charge is 2.21. The van der Waals surface area contributed by atoms with Crippen molar-refractivity contribution < 1.29 is 18.6 Å². The lowest BCUT2D eigenvalue weighted by molar-refractivity contribution is 0.0443. The van der Waals surface area contributed by atoms with Gasteiger partial charge in [0, 0.05) is 16.7 Å². The zero-order valence-electron chi connectivity index (χ0n) is 10.7. The summed E-state index contributed by atoms with van der Waals surface area (Å²) in [6, 6.07) is 9.68. The van der Waals surface area contributed by atoms with Crippen LogP contribution in [-0.2, 0) is 0 Å². The second kappa shape index (κ2) is 6.20. The largest absolute Gasteiger partial charge is 0.488 e. The molecule has 5 heteroatoms. The van der Waals surface area contributed by atoms with Gasteiger partial charge in [0.2, 0.25) is 0 Å². The van der Waals surface area contributed by atoms with Crippen molar-refractivity contribution in [2.24, 2.45) is 0 Å². The van der Waals surface area contributed by atoms with E-state index in [-0.39, 0.29) is 5.56 Å². The van der Waals surface area contributed by atoms with Gasteiger partial charge in [-0.25, -0.2) is 8.78 Å². The molecule has 0 amide bonds. The van der Waals surface area contributed by atoms with Crippen molar-refractivity contribution in [1.29, 1.82) is 0 Å². The third kappa shape index (κ3) is 3.46. The summed E-state index contributed by atoms with van der Waals surface area (Å²) in [5, 5.41) is 10.6. The average Bonchev–Trinajstić information content (AvgIpc) is 2.38. The Kier molecular flexibility index (Phi) is 4.57. The van der Waals surface area contributed by atoms with Gasteiger partial charge in [0.25, 0.3) is 0 Å². The van der Waals surface area contributed by atoms with Gasteiger partial charge in [-0.05, 0) is 31.2 Å². The first-order chi connectivity index (χ1) is 9.47. The van der Waals surface area contributed by atoms with Gasteiger partial charge < -0.3 is 9.84 Å². The molecule has 0 aliphatic carbocycles. The fraction of sp³-hybridized carbons (Fsp3) is 0.200. The van der Waals surface area contributed by atoms with Crippen molar-refractivity contribution in [2.45, 2.75) is 19.1 Å². The Morgan fingerprint density at radius 2 is 1.90 bits per heavy atom. The fourth-order valence-electron chi connectivity index (χ4n) is 1.81. The van der Waals surface area contributed by atoms with E-state index in [1.54, 1.807) is 31.2 Å². The first-order valence-electron chi connectivity index (χ1n) is 6.02. The molecular formula is C15H13ClF2O2. The molecule has 0 spiro atoms. The van der Waals surface area contributed by atoms with E-state index in [1.165, 1.54) is 6.07 Å².